The van der Waals surface area contributed by atoms with Gasteiger partial charge >= 0.3 is 0 Å². The minimum atomic E-state index is -0.392. The third-order valence-corrected chi connectivity index (χ3v) is 4.35. The number of amides is 1. The molecule has 7 heteroatoms. The van der Waals surface area contributed by atoms with E-state index in [0.717, 1.165) is 18.4 Å². The van der Waals surface area contributed by atoms with Gasteiger partial charge in [-0.2, -0.15) is 0 Å². The zero-order valence-electron chi connectivity index (χ0n) is 15.2. The molecule has 3 rings (SSSR count). The van der Waals surface area contributed by atoms with E-state index in [1.54, 1.807) is 7.11 Å². The van der Waals surface area contributed by atoms with Crippen molar-refractivity contribution in [3.05, 3.63) is 54.1 Å². The average Bonchev–Trinajstić information content (AvgIpc) is 3.17. The third-order valence-electron chi connectivity index (χ3n) is 4.35. The van der Waals surface area contributed by atoms with Crippen LogP contribution in [-0.2, 0) is 16.1 Å². The van der Waals surface area contributed by atoms with Gasteiger partial charge in [0.25, 0.3) is 0 Å². The molecule has 0 aromatic heterocycles. The second-order valence-electron chi connectivity index (χ2n) is 6.17. The minimum Gasteiger partial charge on any atom is -0.493 e. The van der Waals surface area contributed by atoms with Crippen molar-refractivity contribution < 1.29 is 19.0 Å². The van der Waals surface area contributed by atoms with E-state index < -0.39 is 6.10 Å². The van der Waals surface area contributed by atoms with Gasteiger partial charge in [-0.25, -0.2) is 0 Å². The number of ether oxygens (including phenoxy) is 3. The Hall–Kier alpha value is -2.28. The Morgan fingerprint density at radius 1 is 1.15 bits per heavy atom. The van der Waals surface area contributed by atoms with Gasteiger partial charge in [0, 0.05) is 13.1 Å². The Labute approximate surface area is 165 Å². The standard InChI is InChI=1S/C20H24N2O4.ClH/c1-24-17-4-2-3-5-18(17)25-15-8-6-14(7-9-15)13-22-20(23)19-11-10-16(12-21)26-19;/h2-9,16,19H,10-13,21H2,1H3,(H,22,23);1H/t16-,19+;/m1./s1. The number of methoxy groups -OCH3 is 1. The molecule has 1 heterocycles. The van der Waals surface area contributed by atoms with Crippen LogP contribution in [0.2, 0.25) is 0 Å². The summed E-state index contributed by atoms with van der Waals surface area (Å²) in [6.45, 7) is 0.901. The van der Waals surface area contributed by atoms with E-state index in [1.807, 2.05) is 48.5 Å². The van der Waals surface area contributed by atoms with Crippen molar-refractivity contribution in [3.8, 4) is 17.2 Å². The highest BCUT2D eigenvalue weighted by atomic mass is 35.5. The van der Waals surface area contributed by atoms with E-state index in [4.69, 9.17) is 19.9 Å². The van der Waals surface area contributed by atoms with Crippen LogP contribution in [0.5, 0.6) is 17.2 Å². The normalized spacial score (nSPS) is 18.4. The van der Waals surface area contributed by atoms with Crippen LogP contribution in [0, 0.1) is 0 Å². The first-order valence-electron chi connectivity index (χ1n) is 8.72. The van der Waals surface area contributed by atoms with Gasteiger partial charge in [-0.05, 0) is 42.7 Å². The van der Waals surface area contributed by atoms with Crippen molar-refractivity contribution in [2.75, 3.05) is 13.7 Å². The van der Waals surface area contributed by atoms with Gasteiger partial charge in [0.15, 0.2) is 11.5 Å². The number of para-hydroxylation sites is 2. The molecular formula is C20H25ClN2O4. The van der Waals surface area contributed by atoms with Crippen molar-refractivity contribution >= 4 is 18.3 Å². The Bertz CT molecular complexity index is 739. The lowest BCUT2D eigenvalue weighted by atomic mass is 10.1. The summed E-state index contributed by atoms with van der Waals surface area (Å²) in [5, 5.41) is 2.91. The molecule has 2 aromatic carbocycles. The van der Waals surface area contributed by atoms with Crippen LogP contribution in [0.15, 0.2) is 48.5 Å². The van der Waals surface area contributed by atoms with Crippen LogP contribution in [-0.4, -0.2) is 31.8 Å². The number of hydrogen-bond acceptors (Lipinski definition) is 5. The monoisotopic (exact) mass is 392 g/mol. The quantitative estimate of drug-likeness (QED) is 0.756. The van der Waals surface area contributed by atoms with E-state index >= 15 is 0 Å². The van der Waals surface area contributed by atoms with Crippen LogP contribution < -0.4 is 20.5 Å². The summed E-state index contributed by atoms with van der Waals surface area (Å²) in [6, 6.07) is 15.0. The molecule has 0 unspecified atom stereocenters. The molecule has 6 nitrogen and oxygen atoms in total. The first-order chi connectivity index (χ1) is 12.7. The lowest BCUT2D eigenvalue weighted by molar-refractivity contribution is -0.132. The Morgan fingerprint density at radius 2 is 1.85 bits per heavy atom. The molecule has 2 atom stereocenters. The molecule has 27 heavy (non-hydrogen) atoms. The lowest BCUT2D eigenvalue weighted by Gasteiger charge is -2.13. The van der Waals surface area contributed by atoms with Crippen molar-refractivity contribution in [1.29, 1.82) is 0 Å². The molecule has 1 fully saturated rings. The van der Waals surface area contributed by atoms with Crippen LogP contribution >= 0.6 is 12.4 Å². The number of nitrogens with two attached hydrogens (primary N) is 1. The topological polar surface area (TPSA) is 82.8 Å². The predicted octanol–water partition coefficient (Wildman–Crippen LogP) is 3.03. The van der Waals surface area contributed by atoms with Gasteiger partial charge in [-0.3, -0.25) is 4.79 Å². The maximum absolute atomic E-state index is 12.1. The maximum atomic E-state index is 12.1. The zero-order valence-corrected chi connectivity index (χ0v) is 16.0. The summed E-state index contributed by atoms with van der Waals surface area (Å²) in [7, 11) is 1.61. The first-order valence-corrected chi connectivity index (χ1v) is 8.72. The van der Waals surface area contributed by atoms with Gasteiger partial charge < -0.3 is 25.3 Å². The SMILES string of the molecule is COc1ccccc1Oc1ccc(CNC(=O)[C@@H]2CC[C@H](CN)O2)cc1.Cl. The smallest absolute Gasteiger partial charge is 0.249 e. The summed E-state index contributed by atoms with van der Waals surface area (Å²) < 4.78 is 16.7. The second-order valence-corrected chi connectivity index (χ2v) is 6.17. The highest BCUT2D eigenvalue weighted by molar-refractivity contribution is 5.85. The van der Waals surface area contributed by atoms with E-state index in [2.05, 4.69) is 5.32 Å². The van der Waals surface area contributed by atoms with Crippen molar-refractivity contribution in [1.82, 2.24) is 5.32 Å². The molecule has 0 saturated carbocycles. The summed E-state index contributed by atoms with van der Waals surface area (Å²) in [5.41, 5.74) is 6.56. The molecule has 0 radical (unpaired) electrons. The summed E-state index contributed by atoms with van der Waals surface area (Å²) >= 11 is 0. The molecule has 1 aliphatic rings. The van der Waals surface area contributed by atoms with Gasteiger partial charge in [0.1, 0.15) is 11.9 Å². The van der Waals surface area contributed by atoms with Crippen LogP contribution in [0.3, 0.4) is 0 Å². The molecule has 3 N–H and O–H groups in total. The Morgan fingerprint density at radius 3 is 2.48 bits per heavy atom. The fourth-order valence-electron chi connectivity index (χ4n) is 2.88. The molecule has 1 amide bonds. The Balaban J connectivity index is 0.00000261. The highest BCUT2D eigenvalue weighted by Crippen LogP contribution is 2.30. The average molecular weight is 393 g/mol. The largest absolute Gasteiger partial charge is 0.493 e. The summed E-state index contributed by atoms with van der Waals surface area (Å²) in [5.74, 6) is 1.95. The molecular weight excluding hydrogens is 368 g/mol. The highest BCUT2D eigenvalue weighted by Gasteiger charge is 2.29. The molecule has 1 aliphatic heterocycles. The first kappa shape index (κ1) is 21.0. The van der Waals surface area contributed by atoms with E-state index in [0.29, 0.717) is 30.3 Å². The van der Waals surface area contributed by atoms with Gasteiger partial charge in [-0.1, -0.05) is 24.3 Å². The summed E-state index contributed by atoms with van der Waals surface area (Å²) in [6.07, 6.45) is 1.16. The number of benzene rings is 2. The third kappa shape index (κ3) is 5.60. The number of rotatable bonds is 7. The van der Waals surface area contributed by atoms with Crippen molar-refractivity contribution in [3.63, 3.8) is 0 Å². The molecule has 0 spiro atoms. The number of nitrogens with one attached hydrogen (secondary N) is 1. The molecule has 0 aliphatic carbocycles. The fourth-order valence-corrected chi connectivity index (χ4v) is 2.88. The Kier molecular flexibility index (Phi) is 7.91. The van der Waals surface area contributed by atoms with Crippen molar-refractivity contribution in [2.45, 2.75) is 31.6 Å². The lowest BCUT2D eigenvalue weighted by Crippen LogP contribution is -2.35. The summed E-state index contributed by atoms with van der Waals surface area (Å²) in [4.78, 5) is 12.1. The number of carbonyl (C=O) groups is 1. The maximum Gasteiger partial charge on any atom is 0.249 e. The van der Waals surface area contributed by atoms with E-state index in [9.17, 15) is 4.79 Å². The number of hydrogen-bond donors (Lipinski definition) is 2. The van der Waals surface area contributed by atoms with Crippen LogP contribution in [0.25, 0.3) is 0 Å². The molecule has 1 saturated heterocycles. The van der Waals surface area contributed by atoms with Crippen LogP contribution in [0.1, 0.15) is 18.4 Å². The zero-order chi connectivity index (χ0) is 18.4. The number of halogens is 1. The molecule has 0 bridgehead atoms. The molecule has 146 valence electrons. The fraction of sp³-hybridized carbons (Fsp3) is 0.350. The van der Waals surface area contributed by atoms with Gasteiger partial charge in [0.2, 0.25) is 5.91 Å². The van der Waals surface area contributed by atoms with Gasteiger partial charge in [-0.15, -0.1) is 12.4 Å². The minimum absolute atomic E-state index is 0. The van der Waals surface area contributed by atoms with E-state index in [-0.39, 0.29) is 24.4 Å². The molecule has 2 aromatic rings. The van der Waals surface area contributed by atoms with E-state index in [1.165, 1.54) is 0 Å². The van der Waals surface area contributed by atoms with Gasteiger partial charge in [0.05, 0.1) is 13.2 Å². The number of carbonyl (C=O) groups excluding carboxylic acids is 1. The van der Waals surface area contributed by atoms with Crippen molar-refractivity contribution in [2.24, 2.45) is 5.73 Å². The second kappa shape index (κ2) is 10.2. The van der Waals surface area contributed by atoms with Crippen LogP contribution in [0.4, 0.5) is 0 Å². The predicted molar refractivity (Wildman–Crippen MR) is 106 cm³/mol.